The normalized spacial score (nSPS) is 10.9. The van der Waals surface area contributed by atoms with Crippen LogP contribution in [0.15, 0.2) is 22.7 Å². The van der Waals surface area contributed by atoms with Gasteiger partial charge in [-0.3, -0.25) is 0 Å². The summed E-state index contributed by atoms with van der Waals surface area (Å²) >= 11 is 9.43. The van der Waals surface area contributed by atoms with Crippen LogP contribution < -0.4 is 4.90 Å². The van der Waals surface area contributed by atoms with Crippen LogP contribution in [0, 0.1) is 5.92 Å². The van der Waals surface area contributed by atoms with Gasteiger partial charge in [-0.2, -0.15) is 0 Å². The smallest absolute Gasteiger partial charge is 0.0510 e. The molecule has 0 bridgehead atoms. The van der Waals surface area contributed by atoms with Crippen molar-refractivity contribution in [3.05, 3.63) is 28.2 Å². The van der Waals surface area contributed by atoms with Gasteiger partial charge in [0.15, 0.2) is 0 Å². The molecule has 0 saturated carbocycles. The molecule has 1 nitrogen and oxygen atoms in total. The summed E-state index contributed by atoms with van der Waals surface area (Å²) in [4.78, 5) is 2.38. The average Bonchev–Trinajstić information content (AvgIpc) is 2.25. The van der Waals surface area contributed by atoms with Gasteiger partial charge in [0, 0.05) is 23.4 Å². The second-order valence-corrected chi connectivity index (χ2v) is 5.47. The van der Waals surface area contributed by atoms with E-state index in [2.05, 4.69) is 59.8 Å². The van der Waals surface area contributed by atoms with Crippen LogP contribution >= 0.6 is 27.5 Å². The van der Waals surface area contributed by atoms with Gasteiger partial charge in [-0.25, -0.2) is 0 Å². The number of hydrogen-bond acceptors (Lipinski definition) is 1. The first-order valence-electron chi connectivity index (χ1n) is 5.67. The van der Waals surface area contributed by atoms with Gasteiger partial charge in [0.25, 0.3) is 0 Å². The highest BCUT2D eigenvalue weighted by Gasteiger charge is 2.10. The number of alkyl halides is 1. The molecule has 1 aromatic carbocycles. The van der Waals surface area contributed by atoms with E-state index >= 15 is 0 Å². The van der Waals surface area contributed by atoms with E-state index in [4.69, 9.17) is 11.6 Å². The average molecular weight is 305 g/mol. The molecule has 0 amide bonds. The molecule has 1 rings (SSSR count). The standard InChI is InChI=1S/C13H19BrClN/c1-4-16(9-10(2)3)13-6-5-11(8-15)7-12(13)14/h5-7,10H,4,8-9H2,1-3H3. The van der Waals surface area contributed by atoms with Gasteiger partial charge in [-0.15, -0.1) is 11.6 Å². The van der Waals surface area contributed by atoms with Crippen molar-refractivity contribution in [2.24, 2.45) is 5.92 Å². The van der Waals surface area contributed by atoms with Crippen molar-refractivity contribution in [1.29, 1.82) is 0 Å². The molecular formula is C13H19BrClN. The molecule has 0 fully saturated rings. The second kappa shape index (κ2) is 6.51. The van der Waals surface area contributed by atoms with Crippen LogP contribution in [0.4, 0.5) is 5.69 Å². The van der Waals surface area contributed by atoms with Crippen LogP contribution in [-0.4, -0.2) is 13.1 Å². The maximum absolute atomic E-state index is 5.81. The summed E-state index contributed by atoms with van der Waals surface area (Å²) in [6.45, 7) is 8.77. The summed E-state index contributed by atoms with van der Waals surface area (Å²) in [5.41, 5.74) is 2.41. The van der Waals surface area contributed by atoms with E-state index in [1.165, 1.54) is 5.69 Å². The van der Waals surface area contributed by atoms with Gasteiger partial charge >= 0.3 is 0 Å². The quantitative estimate of drug-likeness (QED) is 0.715. The zero-order valence-electron chi connectivity index (χ0n) is 10.1. The molecule has 16 heavy (non-hydrogen) atoms. The highest BCUT2D eigenvalue weighted by Crippen LogP contribution is 2.28. The van der Waals surface area contributed by atoms with Crippen molar-refractivity contribution in [2.75, 3.05) is 18.0 Å². The lowest BCUT2D eigenvalue weighted by Crippen LogP contribution is -2.27. The molecule has 0 saturated heterocycles. The van der Waals surface area contributed by atoms with Crippen LogP contribution in [0.5, 0.6) is 0 Å². The topological polar surface area (TPSA) is 3.24 Å². The number of benzene rings is 1. The summed E-state index contributed by atoms with van der Waals surface area (Å²) in [5.74, 6) is 1.23. The highest BCUT2D eigenvalue weighted by atomic mass is 79.9. The summed E-state index contributed by atoms with van der Waals surface area (Å²) < 4.78 is 1.13. The first-order valence-corrected chi connectivity index (χ1v) is 7.00. The van der Waals surface area contributed by atoms with Crippen molar-refractivity contribution < 1.29 is 0 Å². The zero-order chi connectivity index (χ0) is 12.1. The minimum Gasteiger partial charge on any atom is -0.371 e. The van der Waals surface area contributed by atoms with E-state index < -0.39 is 0 Å². The Morgan fingerprint density at radius 3 is 2.50 bits per heavy atom. The van der Waals surface area contributed by atoms with Crippen LogP contribution in [-0.2, 0) is 5.88 Å². The Balaban J connectivity index is 2.92. The molecule has 0 aliphatic heterocycles. The number of halogens is 2. The fourth-order valence-corrected chi connectivity index (χ4v) is 2.57. The van der Waals surface area contributed by atoms with Crippen LogP contribution in [0.1, 0.15) is 26.3 Å². The van der Waals surface area contributed by atoms with Gasteiger partial charge in [0.05, 0.1) is 5.69 Å². The maximum Gasteiger partial charge on any atom is 0.0510 e. The third-order valence-electron chi connectivity index (χ3n) is 2.47. The summed E-state index contributed by atoms with van der Waals surface area (Å²) in [7, 11) is 0. The largest absolute Gasteiger partial charge is 0.371 e. The molecule has 0 heterocycles. The SMILES string of the molecule is CCN(CC(C)C)c1ccc(CCl)cc1Br. The predicted octanol–water partition coefficient (Wildman–Crippen LogP) is 4.67. The monoisotopic (exact) mass is 303 g/mol. The van der Waals surface area contributed by atoms with E-state index in [0.717, 1.165) is 23.1 Å². The number of nitrogens with zero attached hydrogens (tertiary/aromatic N) is 1. The van der Waals surface area contributed by atoms with Crippen LogP contribution in [0.3, 0.4) is 0 Å². The van der Waals surface area contributed by atoms with Crippen molar-refractivity contribution >= 4 is 33.2 Å². The predicted molar refractivity (Wildman–Crippen MR) is 76.4 cm³/mol. The first kappa shape index (κ1) is 13.9. The fraction of sp³-hybridized carbons (Fsp3) is 0.538. The Morgan fingerprint density at radius 1 is 1.38 bits per heavy atom. The Morgan fingerprint density at radius 2 is 2.06 bits per heavy atom. The lowest BCUT2D eigenvalue weighted by Gasteiger charge is -2.26. The molecule has 0 atom stereocenters. The van der Waals surface area contributed by atoms with Crippen LogP contribution in [0.25, 0.3) is 0 Å². The fourth-order valence-electron chi connectivity index (χ4n) is 1.73. The van der Waals surface area contributed by atoms with E-state index in [9.17, 15) is 0 Å². The van der Waals surface area contributed by atoms with Crippen molar-refractivity contribution in [3.8, 4) is 0 Å². The molecule has 0 radical (unpaired) electrons. The Kier molecular flexibility index (Phi) is 5.63. The van der Waals surface area contributed by atoms with Gasteiger partial charge < -0.3 is 4.90 Å². The van der Waals surface area contributed by atoms with Gasteiger partial charge in [0.2, 0.25) is 0 Å². The minimum absolute atomic E-state index is 0.565. The first-order chi connectivity index (χ1) is 7.58. The van der Waals surface area contributed by atoms with Crippen LogP contribution in [0.2, 0.25) is 0 Å². The lowest BCUT2D eigenvalue weighted by molar-refractivity contribution is 0.618. The van der Waals surface area contributed by atoms with E-state index in [0.29, 0.717) is 11.8 Å². The molecular weight excluding hydrogens is 286 g/mol. The molecule has 0 N–H and O–H groups in total. The van der Waals surface area contributed by atoms with Crippen molar-refractivity contribution in [1.82, 2.24) is 0 Å². The van der Waals surface area contributed by atoms with Gasteiger partial charge in [-0.05, 0) is 46.5 Å². The summed E-state index contributed by atoms with van der Waals surface area (Å²) in [5, 5.41) is 0. The Labute approximate surface area is 112 Å². The van der Waals surface area contributed by atoms with Crippen molar-refractivity contribution in [2.45, 2.75) is 26.7 Å². The minimum atomic E-state index is 0.565. The third kappa shape index (κ3) is 3.67. The Hall–Kier alpha value is -0.210. The van der Waals surface area contributed by atoms with Gasteiger partial charge in [-0.1, -0.05) is 19.9 Å². The molecule has 0 aromatic heterocycles. The van der Waals surface area contributed by atoms with Gasteiger partial charge in [0.1, 0.15) is 0 Å². The molecule has 0 aliphatic rings. The molecule has 0 unspecified atom stereocenters. The second-order valence-electron chi connectivity index (χ2n) is 4.35. The number of hydrogen-bond donors (Lipinski definition) is 0. The van der Waals surface area contributed by atoms with Crippen molar-refractivity contribution in [3.63, 3.8) is 0 Å². The number of rotatable bonds is 5. The third-order valence-corrected chi connectivity index (χ3v) is 3.42. The lowest BCUT2D eigenvalue weighted by atomic mass is 10.1. The highest BCUT2D eigenvalue weighted by molar-refractivity contribution is 9.10. The summed E-state index contributed by atoms with van der Waals surface area (Å²) in [6.07, 6.45) is 0. The Bertz CT molecular complexity index is 339. The van der Waals surface area contributed by atoms with E-state index in [-0.39, 0.29) is 0 Å². The molecule has 3 heteroatoms. The molecule has 1 aromatic rings. The molecule has 0 aliphatic carbocycles. The number of anilines is 1. The summed E-state index contributed by atoms with van der Waals surface area (Å²) in [6, 6.07) is 6.34. The molecule has 90 valence electrons. The van der Waals surface area contributed by atoms with E-state index in [1.54, 1.807) is 0 Å². The maximum atomic E-state index is 5.81. The molecule has 0 spiro atoms. The van der Waals surface area contributed by atoms with E-state index in [1.807, 2.05) is 0 Å². The zero-order valence-corrected chi connectivity index (χ0v) is 12.5.